The third-order valence-electron chi connectivity index (χ3n) is 5.12. The molecular weight excluding hydrogens is 318 g/mol. The summed E-state index contributed by atoms with van der Waals surface area (Å²) >= 11 is 0. The van der Waals surface area contributed by atoms with Crippen LogP contribution in [0.3, 0.4) is 0 Å². The highest BCUT2D eigenvalue weighted by atomic mass is 16.2. The van der Waals surface area contributed by atoms with Crippen LogP contribution in [-0.2, 0) is 9.59 Å². The van der Waals surface area contributed by atoms with Gasteiger partial charge in [0.05, 0.1) is 0 Å². The Morgan fingerprint density at radius 2 is 1.52 bits per heavy atom. The predicted octanol–water partition coefficient (Wildman–Crippen LogP) is 1.29. The Morgan fingerprint density at radius 1 is 0.920 bits per heavy atom. The van der Waals surface area contributed by atoms with Gasteiger partial charge in [0.1, 0.15) is 6.04 Å². The topological polar surface area (TPSA) is 60.9 Å². The number of nitrogens with zero attached hydrogens (tertiary/aromatic N) is 3. The van der Waals surface area contributed by atoms with Gasteiger partial charge in [-0.2, -0.15) is 0 Å². The van der Waals surface area contributed by atoms with E-state index in [0.717, 1.165) is 18.4 Å². The van der Waals surface area contributed by atoms with Crippen molar-refractivity contribution in [2.75, 3.05) is 32.7 Å². The second kappa shape index (κ2) is 7.25. The van der Waals surface area contributed by atoms with Crippen LogP contribution in [0.2, 0.25) is 0 Å². The molecule has 134 valence electrons. The van der Waals surface area contributed by atoms with Crippen molar-refractivity contribution in [1.29, 1.82) is 0 Å². The molecular formula is C19H25N3O3. The number of rotatable bonds is 2. The van der Waals surface area contributed by atoms with Crippen LogP contribution in [0.1, 0.15) is 35.7 Å². The number of carbonyl (C=O) groups is 3. The number of aryl methyl sites for hydroxylation is 1. The lowest BCUT2D eigenvalue weighted by molar-refractivity contribution is -0.143. The van der Waals surface area contributed by atoms with Gasteiger partial charge >= 0.3 is 0 Å². The SMILES string of the molecule is CC(=O)N1CCCC1C(=O)N1CCN(C(=O)c2ccc(C)cc2)CC1. The van der Waals surface area contributed by atoms with Crippen LogP contribution in [0.5, 0.6) is 0 Å². The predicted molar refractivity (Wildman–Crippen MR) is 94.1 cm³/mol. The van der Waals surface area contributed by atoms with Gasteiger partial charge < -0.3 is 14.7 Å². The summed E-state index contributed by atoms with van der Waals surface area (Å²) in [7, 11) is 0. The first-order chi connectivity index (χ1) is 12.0. The van der Waals surface area contributed by atoms with Crippen molar-refractivity contribution in [3.05, 3.63) is 35.4 Å². The Labute approximate surface area is 148 Å². The summed E-state index contributed by atoms with van der Waals surface area (Å²) in [5.74, 6) is -0.00232. The summed E-state index contributed by atoms with van der Waals surface area (Å²) in [5.41, 5.74) is 1.81. The Bertz CT molecular complexity index is 663. The highest BCUT2D eigenvalue weighted by molar-refractivity contribution is 5.94. The fourth-order valence-corrected chi connectivity index (χ4v) is 3.62. The molecule has 1 unspecified atom stereocenters. The van der Waals surface area contributed by atoms with Gasteiger partial charge in [-0.25, -0.2) is 0 Å². The Morgan fingerprint density at radius 3 is 2.12 bits per heavy atom. The summed E-state index contributed by atoms with van der Waals surface area (Å²) in [5, 5.41) is 0. The fourth-order valence-electron chi connectivity index (χ4n) is 3.62. The van der Waals surface area contributed by atoms with Gasteiger partial charge in [-0.3, -0.25) is 14.4 Å². The van der Waals surface area contributed by atoms with Crippen LogP contribution in [0.25, 0.3) is 0 Å². The van der Waals surface area contributed by atoms with E-state index in [4.69, 9.17) is 0 Å². The van der Waals surface area contributed by atoms with Gasteiger partial charge in [-0.15, -0.1) is 0 Å². The first kappa shape index (κ1) is 17.5. The zero-order chi connectivity index (χ0) is 18.0. The lowest BCUT2D eigenvalue weighted by atomic mass is 10.1. The monoisotopic (exact) mass is 343 g/mol. The molecule has 6 heteroatoms. The molecule has 1 aromatic rings. The van der Waals surface area contributed by atoms with Crippen LogP contribution in [0, 0.1) is 6.92 Å². The summed E-state index contributed by atoms with van der Waals surface area (Å²) in [6.45, 7) is 6.29. The summed E-state index contributed by atoms with van der Waals surface area (Å²) in [6, 6.07) is 7.24. The van der Waals surface area contributed by atoms with Crippen molar-refractivity contribution in [1.82, 2.24) is 14.7 Å². The lowest BCUT2D eigenvalue weighted by Crippen LogP contribution is -2.55. The molecule has 2 aliphatic rings. The number of carbonyl (C=O) groups excluding carboxylic acids is 3. The van der Waals surface area contributed by atoms with E-state index in [1.54, 1.807) is 14.7 Å². The largest absolute Gasteiger partial charge is 0.337 e. The van der Waals surface area contributed by atoms with E-state index in [-0.39, 0.29) is 23.8 Å². The zero-order valence-corrected chi connectivity index (χ0v) is 14.9. The molecule has 2 aliphatic heterocycles. The van der Waals surface area contributed by atoms with Crippen LogP contribution in [0.4, 0.5) is 0 Å². The normalized spacial score (nSPS) is 20.7. The van der Waals surface area contributed by atoms with Crippen molar-refractivity contribution < 1.29 is 14.4 Å². The first-order valence-electron chi connectivity index (χ1n) is 8.89. The maximum atomic E-state index is 12.7. The highest BCUT2D eigenvalue weighted by Gasteiger charge is 2.36. The molecule has 6 nitrogen and oxygen atoms in total. The second-order valence-electron chi connectivity index (χ2n) is 6.85. The van der Waals surface area contributed by atoms with Crippen molar-refractivity contribution in [3.63, 3.8) is 0 Å². The number of piperazine rings is 1. The van der Waals surface area contributed by atoms with Gasteiger partial charge in [-0.1, -0.05) is 17.7 Å². The molecule has 3 rings (SSSR count). The van der Waals surface area contributed by atoms with E-state index < -0.39 is 0 Å². The van der Waals surface area contributed by atoms with E-state index in [1.165, 1.54) is 6.92 Å². The van der Waals surface area contributed by atoms with E-state index in [2.05, 4.69) is 0 Å². The van der Waals surface area contributed by atoms with Gasteiger partial charge in [0, 0.05) is 45.2 Å². The van der Waals surface area contributed by atoms with Crippen molar-refractivity contribution in [2.24, 2.45) is 0 Å². The van der Waals surface area contributed by atoms with Crippen LogP contribution >= 0.6 is 0 Å². The standard InChI is InChI=1S/C19H25N3O3/c1-14-5-7-16(8-6-14)18(24)20-10-12-21(13-11-20)19(25)17-4-3-9-22(17)15(2)23/h5-8,17H,3-4,9-13H2,1-2H3. The Hall–Kier alpha value is -2.37. The van der Waals surface area contributed by atoms with Gasteiger partial charge in [0.2, 0.25) is 11.8 Å². The van der Waals surface area contributed by atoms with Crippen LogP contribution in [-0.4, -0.2) is 71.2 Å². The summed E-state index contributed by atoms with van der Waals surface area (Å²) in [6.07, 6.45) is 1.61. The minimum Gasteiger partial charge on any atom is -0.337 e. The maximum absolute atomic E-state index is 12.7. The number of amides is 3. The molecule has 1 aromatic carbocycles. The average Bonchev–Trinajstić information content (AvgIpc) is 3.11. The fraction of sp³-hybridized carbons (Fsp3) is 0.526. The van der Waals surface area contributed by atoms with E-state index >= 15 is 0 Å². The molecule has 0 saturated carbocycles. The molecule has 0 aromatic heterocycles. The molecule has 3 amide bonds. The zero-order valence-electron chi connectivity index (χ0n) is 14.9. The minimum absolute atomic E-state index is 0.0123. The average molecular weight is 343 g/mol. The number of likely N-dealkylation sites (tertiary alicyclic amines) is 1. The second-order valence-corrected chi connectivity index (χ2v) is 6.85. The molecule has 0 spiro atoms. The minimum atomic E-state index is -0.322. The molecule has 0 aliphatic carbocycles. The lowest BCUT2D eigenvalue weighted by Gasteiger charge is -2.37. The van der Waals surface area contributed by atoms with E-state index in [0.29, 0.717) is 38.3 Å². The third-order valence-corrected chi connectivity index (χ3v) is 5.12. The number of benzene rings is 1. The number of hydrogen-bond acceptors (Lipinski definition) is 3. The Kier molecular flexibility index (Phi) is 5.06. The number of hydrogen-bond donors (Lipinski definition) is 0. The molecule has 2 fully saturated rings. The van der Waals surface area contributed by atoms with Gasteiger partial charge in [-0.05, 0) is 31.9 Å². The van der Waals surface area contributed by atoms with Crippen molar-refractivity contribution in [3.8, 4) is 0 Å². The molecule has 2 saturated heterocycles. The third kappa shape index (κ3) is 3.67. The van der Waals surface area contributed by atoms with Gasteiger partial charge in [0.15, 0.2) is 0 Å². The highest BCUT2D eigenvalue weighted by Crippen LogP contribution is 2.20. The Balaban J connectivity index is 1.58. The molecule has 0 radical (unpaired) electrons. The van der Waals surface area contributed by atoms with Crippen LogP contribution in [0.15, 0.2) is 24.3 Å². The van der Waals surface area contributed by atoms with E-state index in [9.17, 15) is 14.4 Å². The summed E-state index contributed by atoms with van der Waals surface area (Å²) < 4.78 is 0. The molecule has 2 heterocycles. The summed E-state index contributed by atoms with van der Waals surface area (Å²) in [4.78, 5) is 42.2. The quantitative estimate of drug-likeness (QED) is 0.813. The van der Waals surface area contributed by atoms with E-state index in [1.807, 2.05) is 31.2 Å². The van der Waals surface area contributed by atoms with Crippen molar-refractivity contribution in [2.45, 2.75) is 32.7 Å². The molecule has 25 heavy (non-hydrogen) atoms. The van der Waals surface area contributed by atoms with Crippen LogP contribution < -0.4 is 0 Å². The molecule has 1 atom stereocenters. The van der Waals surface area contributed by atoms with Crippen molar-refractivity contribution >= 4 is 17.7 Å². The molecule has 0 bridgehead atoms. The van der Waals surface area contributed by atoms with Gasteiger partial charge in [0.25, 0.3) is 5.91 Å². The first-order valence-corrected chi connectivity index (χ1v) is 8.89. The molecule has 0 N–H and O–H groups in total. The smallest absolute Gasteiger partial charge is 0.253 e. The maximum Gasteiger partial charge on any atom is 0.253 e.